The summed E-state index contributed by atoms with van der Waals surface area (Å²) in [6.07, 6.45) is 3.29. The molecule has 0 aromatic carbocycles. The summed E-state index contributed by atoms with van der Waals surface area (Å²) in [5, 5.41) is 2.87. The molecular formula is C18H24N4O3. The number of piperidine rings is 1. The van der Waals surface area contributed by atoms with E-state index in [1.807, 2.05) is 24.0 Å². The molecule has 0 saturated carbocycles. The molecule has 1 aliphatic rings. The first kappa shape index (κ1) is 17.4. The van der Waals surface area contributed by atoms with E-state index in [1.165, 1.54) is 6.33 Å². The zero-order valence-electron chi connectivity index (χ0n) is 14.9. The summed E-state index contributed by atoms with van der Waals surface area (Å²) in [6, 6.07) is 5.39. The van der Waals surface area contributed by atoms with Crippen LogP contribution < -0.4 is 5.32 Å². The molecule has 25 heavy (non-hydrogen) atoms. The summed E-state index contributed by atoms with van der Waals surface area (Å²) in [5.41, 5.74) is 0.721. The lowest BCUT2D eigenvalue weighted by Crippen LogP contribution is -2.43. The predicted molar refractivity (Wildman–Crippen MR) is 93.1 cm³/mol. The number of carbonyl (C=O) groups is 1. The number of nitrogens with one attached hydrogen (secondary N) is 1. The molecule has 0 spiro atoms. The van der Waals surface area contributed by atoms with E-state index >= 15 is 0 Å². The normalized spacial score (nSPS) is 20.5. The Kier molecular flexibility index (Phi) is 5.33. The first-order valence-electron chi connectivity index (χ1n) is 8.50. The molecule has 2 aromatic heterocycles. The van der Waals surface area contributed by atoms with E-state index in [-0.39, 0.29) is 12.1 Å². The summed E-state index contributed by atoms with van der Waals surface area (Å²) in [5.74, 6) is 2.71. The highest BCUT2D eigenvalue weighted by Crippen LogP contribution is 2.35. The van der Waals surface area contributed by atoms with Gasteiger partial charge in [0.1, 0.15) is 23.7 Å². The quantitative estimate of drug-likeness (QED) is 0.918. The molecule has 0 radical (unpaired) electrons. The standard InChI is InChI=1S/C18H24N4O3/c1-12-6-7-22(15(8-12)16-5-4-13(2)25-16)18(23)21-17-9-14(10-24-3)19-11-20-17/h4-5,9,11-12,15H,6-8,10H2,1-3H3,(H,19,20,21,23)/t12-,15+/m1/s1. The van der Waals surface area contributed by atoms with Gasteiger partial charge in [0, 0.05) is 19.7 Å². The minimum absolute atomic E-state index is 0.0577. The Balaban J connectivity index is 1.75. The van der Waals surface area contributed by atoms with Crippen LogP contribution in [0.2, 0.25) is 0 Å². The minimum atomic E-state index is -0.173. The Labute approximate surface area is 147 Å². The molecular weight excluding hydrogens is 320 g/mol. The summed E-state index contributed by atoms with van der Waals surface area (Å²) >= 11 is 0. The monoisotopic (exact) mass is 344 g/mol. The van der Waals surface area contributed by atoms with Crippen molar-refractivity contribution in [3.63, 3.8) is 0 Å². The van der Waals surface area contributed by atoms with E-state index < -0.39 is 0 Å². The molecule has 3 heterocycles. The van der Waals surface area contributed by atoms with Gasteiger partial charge in [-0.3, -0.25) is 5.32 Å². The van der Waals surface area contributed by atoms with Crippen LogP contribution in [0.4, 0.5) is 10.6 Å². The highest BCUT2D eigenvalue weighted by molar-refractivity contribution is 5.88. The van der Waals surface area contributed by atoms with Gasteiger partial charge in [-0.05, 0) is 37.8 Å². The first-order valence-corrected chi connectivity index (χ1v) is 8.50. The fourth-order valence-corrected chi connectivity index (χ4v) is 3.16. The third kappa shape index (κ3) is 4.17. The van der Waals surface area contributed by atoms with Crippen LogP contribution >= 0.6 is 0 Å². The fourth-order valence-electron chi connectivity index (χ4n) is 3.16. The number of urea groups is 1. The summed E-state index contributed by atoms with van der Waals surface area (Å²) in [7, 11) is 1.60. The number of likely N-dealkylation sites (tertiary alicyclic amines) is 1. The number of methoxy groups -OCH3 is 1. The topological polar surface area (TPSA) is 80.5 Å². The Morgan fingerprint density at radius 2 is 2.28 bits per heavy atom. The molecule has 134 valence electrons. The maximum absolute atomic E-state index is 12.8. The second kappa shape index (κ2) is 7.65. The smallest absolute Gasteiger partial charge is 0.323 e. The van der Waals surface area contributed by atoms with Crippen LogP contribution in [0.1, 0.15) is 43.0 Å². The van der Waals surface area contributed by atoms with Crippen molar-refractivity contribution in [3.05, 3.63) is 41.7 Å². The number of ether oxygens (including phenoxy) is 1. The maximum Gasteiger partial charge on any atom is 0.323 e. The van der Waals surface area contributed by atoms with Gasteiger partial charge in [-0.1, -0.05) is 6.92 Å². The van der Waals surface area contributed by atoms with E-state index in [9.17, 15) is 4.79 Å². The number of rotatable bonds is 4. The van der Waals surface area contributed by atoms with Crippen LogP contribution in [0.15, 0.2) is 28.9 Å². The van der Waals surface area contributed by atoms with Gasteiger partial charge in [0.25, 0.3) is 0 Å². The summed E-state index contributed by atoms with van der Waals surface area (Å²) in [4.78, 5) is 22.9. The number of carbonyl (C=O) groups excluding carboxylic acids is 1. The molecule has 1 saturated heterocycles. The van der Waals surface area contributed by atoms with Crippen molar-refractivity contribution in [1.29, 1.82) is 0 Å². The molecule has 1 aliphatic heterocycles. The minimum Gasteiger partial charge on any atom is -0.464 e. The van der Waals surface area contributed by atoms with Crippen molar-refractivity contribution in [1.82, 2.24) is 14.9 Å². The van der Waals surface area contributed by atoms with Crippen molar-refractivity contribution in [3.8, 4) is 0 Å². The van der Waals surface area contributed by atoms with E-state index in [0.717, 1.165) is 30.1 Å². The zero-order chi connectivity index (χ0) is 17.8. The van der Waals surface area contributed by atoms with Gasteiger partial charge in [-0.2, -0.15) is 0 Å². The highest BCUT2D eigenvalue weighted by Gasteiger charge is 2.33. The molecule has 1 fully saturated rings. The number of anilines is 1. The fraction of sp³-hybridized carbons (Fsp3) is 0.500. The molecule has 0 bridgehead atoms. The van der Waals surface area contributed by atoms with Gasteiger partial charge < -0.3 is 14.1 Å². The van der Waals surface area contributed by atoms with Gasteiger partial charge in [0.2, 0.25) is 0 Å². The third-order valence-corrected chi connectivity index (χ3v) is 4.47. The highest BCUT2D eigenvalue weighted by atomic mass is 16.5. The number of nitrogens with zero attached hydrogens (tertiary/aromatic N) is 3. The SMILES string of the molecule is COCc1cc(NC(=O)N2CC[C@@H](C)C[C@H]2c2ccc(C)o2)ncn1. The van der Waals surface area contributed by atoms with Gasteiger partial charge in [0.15, 0.2) is 0 Å². The molecule has 2 amide bonds. The second-order valence-corrected chi connectivity index (χ2v) is 6.54. The Morgan fingerprint density at radius 3 is 3.00 bits per heavy atom. The van der Waals surface area contributed by atoms with Crippen LogP contribution in [0.25, 0.3) is 0 Å². The molecule has 2 atom stereocenters. The molecule has 0 unspecified atom stereocenters. The zero-order valence-corrected chi connectivity index (χ0v) is 14.9. The van der Waals surface area contributed by atoms with E-state index in [0.29, 0.717) is 24.9 Å². The predicted octanol–water partition coefficient (Wildman–Crippen LogP) is 3.53. The lowest BCUT2D eigenvalue weighted by atomic mass is 9.91. The Hall–Kier alpha value is -2.41. The second-order valence-electron chi connectivity index (χ2n) is 6.54. The number of amides is 2. The Bertz CT molecular complexity index is 731. The van der Waals surface area contributed by atoms with Crippen molar-refractivity contribution in [2.45, 2.75) is 39.3 Å². The van der Waals surface area contributed by atoms with Crippen LogP contribution in [-0.2, 0) is 11.3 Å². The van der Waals surface area contributed by atoms with Crippen molar-refractivity contribution in [2.24, 2.45) is 5.92 Å². The molecule has 2 aromatic rings. The third-order valence-electron chi connectivity index (χ3n) is 4.47. The van der Waals surface area contributed by atoms with Crippen molar-refractivity contribution < 1.29 is 13.9 Å². The van der Waals surface area contributed by atoms with E-state index in [2.05, 4.69) is 22.2 Å². The number of aromatic nitrogens is 2. The lowest BCUT2D eigenvalue weighted by Gasteiger charge is -2.37. The summed E-state index contributed by atoms with van der Waals surface area (Å²) < 4.78 is 10.9. The Morgan fingerprint density at radius 1 is 1.44 bits per heavy atom. The summed E-state index contributed by atoms with van der Waals surface area (Å²) in [6.45, 7) is 5.19. The van der Waals surface area contributed by atoms with Crippen molar-refractivity contribution >= 4 is 11.8 Å². The van der Waals surface area contributed by atoms with Crippen LogP contribution in [0, 0.1) is 12.8 Å². The molecule has 0 aliphatic carbocycles. The maximum atomic E-state index is 12.8. The number of furan rings is 1. The number of hydrogen-bond donors (Lipinski definition) is 1. The average Bonchev–Trinajstić information content (AvgIpc) is 3.02. The number of hydrogen-bond acceptors (Lipinski definition) is 5. The van der Waals surface area contributed by atoms with Gasteiger partial charge >= 0.3 is 6.03 Å². The van der Waals surface area contributed by atoms with Crippen LogP contribution in [0.5, 0.6) is 0 Å². The largest absolute Gasteiger partial charge is 0.464 e. The van der Waals surface area contributed by atoms with E-state index in [4.69, 9.17) is 9.15 Å². The van der Waals surface area contributed by atoms with Crippen molar-refractivity contribution in [2.75, 3.05) is 19.0 Å². The van der Waals surface area contributed by atoms with E-state index in [1.54, 1.807) is 13.2 Å². The van der Waals surface area contributed by atoms with Gasteiger partial charge in [-0.25, -0.2) is 14.8 Å². The molecule has 7 heteroatoms. The van der Waals surface area contributed by atoms with Crippen LogP contribution in [0.3, 0.4) is 0 Å². The number of aryl methyl sites for hydroxylation is 1. The van der Waals surface area contributed by atoms with Gasteiger partial charge in [0.05, 0.1) is 18.3 Å². The molecule has 3 rings (SSSR count). The first-order chi connectivity index (χ1) is 12.1. The van der Waals surface area contributed by atoms with Gasteiger partial charge in [-0.15, -0.1) is 0 Å². The lowest BCUT2D eigenvalue weighted by molar-refractivity contribution is 0.128. The average molecular weight is 344 g/mol. The molecule has 7 nitrogen and oxygen atoms in total. The molecule has 1 N–H and O–H groups in total. The van der Waals surface area contributed by atoms with Crippen LogP contribution in [-0.4, -0.2) is 34.6 Å².